The third-order valence-corrected chi connectivity index (χ3v) is 15.1. The molecule has 6 aliphatic carbocycles. The molecule has 0 bridgehead atoms. The van der Waals surface area contributed by atoms with Crippen LogP contribution in [-0.2, 0) is 0 Å². The normalized spacial score (nSPS) is 34.3. The maximum Gasteiger partial charge on any atom is 0.0302 e. The van der Waals surface area contributed by atoms with Crippen LogP contribution in [0.25, 0.3) is 5.57 Å². The lowest BCUT2D eigenvalue weighted by Gasteiger charge is -2.49. The molecule has 2 nitrogen and oxygen atoms in total. The lowest BCUT2D eigenvalue weighted by atomic mass is 9.56. The second-order valence-electron chi connectivity index (χ2n) is 17.7. The number of rotatable bonds is 13. The molecule has 0 heterocycles. The minimum absolute atomic E-state index is 0.581. The molecule has 0 aromatic heterocycles. The van der Waals surface area contributed by atoms with Crippen molar-refractivity contribution in [3.8, 4) is 0 Å². The van der Waals surface area contributed by atoms with Crippen molar-refractivity contribution in [3.63, 3.8) is 0 Å². The molecule has 0 saturated heterocycles. The monoisotopic (exact) mass is 675 g/mol. The number of allylic oxidation sites excluding steroid dienone is 9. The highest BCUT2D eigenvalue weighted by Crippen LogP contribution is 2.53. The molecule has 11 unspecified atom stereocenters. The fourth-order valence-corrected chi connectivity index (χ4v) is 12.0. The van der Waals surface area contributed by atoms with Crippen LogP contribution in [0.5, 0.6) is 0 Å². The first kappa shape index (κ1) is 36.1. The van der Waals surface area contributed by atoms with Crippen LogP contribution in [0.15, 0.2) is 84.1 Å². The molecule has 1 aromatic carbocycles. The molecule has 6 aliphatic rings. The van der Waals surface area contributed by atoms with Gasteiger partial charge < -0.3 is 11.1 Å². The standard InChI is InChI=1S/C48H70N2/c1-3-35(32-49)38-22-24-39(25-23-38)46-29-28-45(47-18-9-10-19-48(46)47)34(2)20-21-43(33-50-44-27-26-37-14-7-8-15-42(37)31-44)41-17-11-16-40(30-41)36-12-5-4-6-13-36/h4-6,8,12-13,15,24,26-27,30-31,34-35,37-38,41-43,45-48,50H,3,7,9-11,14,16-23,25,28-29,32-33,49H2,1-2H3. The highest BCUT2D eigenvalue weighted by Gasteiger charge is 2.44. The van der Waals surface area contributed by atoms with Crippen LogP contribution < -0.4 is 11.1 Å². The van der Waals surface area contributed by atoms with Gasteiger partial charge in [-0.05, 0) is 166 Å². The average Bonchev–Trinajstić information content (AvgIpc) is 3.18. The van der Waals surface area contributed by atoms with Crippen molar-refractivity contribution in [2.24, 2.45) is 70.8 Å². The van der Waals surface area contributed by atoms with Crippen LogP contribution in [0.3, 0.4) is 0 Å². The number of hydrogen-bond donors (Lipinski definition) is 2. The van der Waals surface area contributed by atoms with Gasteiger partial charge in [0.1, 0.15) is 0 Å². The van der Waals surface area contributed by atoms with Gasteiger partial charge in [-0.15, -0.1) is 0 Å². The molecule has 2 heteroatoms. The Kier molecular flexibility index (Phi) is 12.6. The molecule has 0 amide bonds. The molecule has 7 rings (SSSR count). The zero-order valence-electron chi connectivity index (χ0n) is 31.8. The summed E-state index contributed by atoms with van der Waals surface area (Å²) in [6, 6.07) is 11.3. The van der Waals surface area contributed by atoms with Crippen LogP contribution in [0, 0.1) is 65.1 Å². The number of benzene rings is 1. The van der Waals surface area contributed by atoms with Gasteiger partial charge >= 0.3 is 0 Å². The van der Waals surface area contributed by atoms with Crippen molar-refractivity contribution in [1.29, 1.82) is 0 Å². The Morgan fingerprint density at radius 3 is 2.50 bits per heavy atom. The molecule has 0 radical (unpaired) electrons. The van der Waals surface area contributed by atoms with E-state index in [0.29, 0.717) is 23.7 Å². The summed E-state index contributed by atoms with van der Waals surface area (Å²) in [5.74, 6) is 8.69. The van der Waals surface area contributed by atoms with E-state index in [9.17, 15) is 0 Å². The smallest absolute Gasteiger partial charge is 0.0302 e. The topological polar surface area (TPSA) is 38.0 Å². The predicted octanol–water partition coefficient (Wildman–Crippen LogP) is 12.1. The van der Waals surface area contributed by atoms with Crippen LogP contribution in [0.2, 0.25) is 0 Å². The minimum atomic E-state index is 0.581. The largest absolute Gasteiger partial charge is 0.385 e. The van der Waals surface area contributed by atoms with E-state index < -0.39 is 0 Å². The van der Waals surface area contributed by atoms with E-state index in [4.69, 9.17) is 5.73 Å². The molecule has 2 saturated carbocycles. The van der Waals surface area contributed by atoms with Gasteiger partial charge in [0.25, 0.3) is 0 Å². The SMILES string of the molecule is CCC(CN)C1CC=C(C2CCC(C(C)CCC(CNC3=CC4C=CCCC4C=C3)C3C=C(c4ccccc4)CCC3)C3CCCCC23)CC1. The van der Waals surface area contributed by atoms with Crippen LogP contribution >= 0.6 is 0 Å². The Bertz CT molecular complexity index is 1380. The van der Waals surface area contributed by atoms with E-state index in [1.54, 1.807) is 5.57 Å². The van der Waals surface area contributed by atoms with Gasteiger partial charge in [-0.25, -0.2) is 0 Å². The first-order valence-corrected chi connectivity index (χ1v) is 21.6. The molecule has 0 aliphatic heterocycles. The molecule has 50 heavy (non-hydrogen) atoms. The Labute approximate surface area is 306 Å². The predicted molar refractivity (Wildman–Crippen MR) is 214 cm³/mol. The van der Waals surface area contributed by atoms with Crippen molar-refractivity contribution in [2.75, 3.05) is 13.1 Å². The molecular formula is C48H70N2. The zero-order chi connectivity index (χ0) is 34.3. The number of hydrogen-bond acceptors (Lipinski definition) is 2. The Hall–Kier alpha value is -2.32. The number of nitrogens with one attached hydrogen (secondary N) is 1. The third kappa shape index (κ3) is 8.48. The molecule has 11 atom stereocenters. The van der Waals surface area contributed by atoms with Gasteiger partial charge in [0.2, 0.25) is 0 Å². The van der Waals surface area contributed by atoms with Crippen LogP contribution in [-0.4, -0.2) is 13.1 Å². The fraction of sp³-hybridized carbons (Fsp3) is 0.667. The Morgan fingerprint density at radius 2 is 1.70 bits per heavy atom. The zero-order valence-corrected chi connectivity index (χ0v) is 31.8. The van der Waals surface area contributed by atoms with E-state index in [1.807, 2.05) is 5.57 Å². The summed E-state index contributed by atoms with van der Waals surface area (Å²) in [5, 5.41) is 4.01. The summed E-state index contributed by atoms with van der Waals surface area (Å²) >= 11 is 0. The lowest BCUT2D eigenvalue weighted by molar-refractivity contribution is 0.0310. The first-order valence-electron chi connectivity index (χ1n) is 21.6. The molecular weight excluding hydrogens is 605 g/mol. The summed E-state index contributed by atoms with van der Waals surface area (Å²) in [4.78, 5) is 0. The summed E-state index contributed by atoms with van der Waals surface area (Å²) < 4.78 is 0. The first-order chi connectivity index (χ1) is 24.6. The van der Waals surface area contributed by atoms with Gasteiger partial charge in [-0.2, -0.15) is 0 Å². The highest BCUT2D eigenvalue weighted by atomic mass is 14.9. The van der Waals surface area contributed by atoms with Crippen LogP contribution in [0.4, 0.5) is 0 Å². The van der Waals surface area contributed by atoms with Crippen molar-refractivity contribution >= 4 is 5.57 Å². The highest BCUT2D eigenvalue weighted by molar-refractivity contribution is 5.66. The quantitative estimate of drug-likeness (QED) is 0.204. The van der Waals surface area contributed by atoms with Crippen LogP contribution in [0.1, 0.15) is 129 Å². The number of nitrogens with two attached hydrogens (primary N) is 1. The van der Waals surface area contributed by atoms with E-state index in [1.165, 1.54) is 120 Å². The maximum atomic E-state index is 6.18. The average molecular weight is 675 g/mol. The summed E-state index contributed by atoms with van der Waals surface area (Å²) in [6.07, 6.45) is 41.0. The van der Waals surface area contributed by atoms with Crippen molar-refractivity contribution in [3.05, 3.63) is 89.7 Å². The van der Waals surface area contributed by atoms with Gasteiger partial charge in [0.05, 0.1) is 0 Å². The van der Waals surface area contributed by atoms with Gasteiger partial charge in [0, 0.05) is 18.2 Å². The van der Waals surface area contributed by atoms with E-state index in [2.05, 4.69) is 92.0 Å². The van der Waals surface area contributed by atoms with Crippen molar-refractivity contribution < 1.29 is 0 Å². The van der Waals surface area contributed by atoms with E-state index in [-0.39, 0.29) is 0 Å². The van der Waals surface area contributed by atoms with Gasteiger partial charge in [-0.1, -0.05) is 112 Å². The van der Waals surface area contributed by atoms with Crippen molar-refractivity contribution in [1.82, 2.24) is 5.32 Å². The summed E-state index contributed by atoms with van der Waals surface area (Å²) in [7, 11) is 0. The maximum absolute atomic E-state index is 6.18. The Balaban J connectivity index is 1.02. The van der Waals surface area contributed by atoms with Crippen molar-refractivity contribution in [2.45, 2.75) is 123 Å². The second kappa shape index (κ2) is 17.5. The molecule has 1 aromatic rings. The van der Waals surface area contributed by atoms with E-state index >= 15 is 0 Å². The van der Waals surface area contributed by atoms with E-state index in [0.717, 1.165) is 54.5 Å². The second-order valence-corrected chi connectivity index (χ2v) is 17.7. The fourth-order valence-electron chi connectivity index (χ4n) is 12.0. The molecule has 3 N–H and O–H groups in total. The molecule has 0 spiro atoms. The lowest BCUT2D eigenvalue weighted by Crippen LogP contribution is -2.41. The van der Waals surface area contributed by atoms with Gasteiger partial charge in [0.15, 0.2) is 0 Å². The van der Waals surface area contributed by atoms with Gasteiger partial charge in [-0.3, -0.25) is 0 Å². The third-order valence-electron chi connectivity index (χ3n) is 15.1. The summed E-state index contributed by atoms with van der Waals surface area (Å²) in [6.45, 7) is 6.97. The number of fused-ring (bicyclic) bond motifs is 2. The Morgan fingerprint density at radius 1 is 0.840 bits per heavy atom. The summed E-state index contributed by atoms with van der Waals surface area (Å²) in [5.41, 5.74) is 12.4. The molecule has 272 valence electrons. The molecule has 2 fully saturated rings. The minimum Gasteiger partial charge on any atom is -0.385 e.